The number of ether oxygens (including phenoxy) is 1. The fourth-order valence-electron chi connectivity index (χ4n) is 0.452. The Hall–Kier alpha value is -1.30. The zero-order valence-corrected chi connectivity index (χ0v) is 6.64. The van der Waals surface area contributed by atoms with Gasteiger partial charge >= 0.3 is 5.97 Å². The molecule has 0 unspecified atom stereocenters. The van der Waals surface area contributed by atoms with Gasteiger partial charge in [-0.25, -0.2) is 4.79 Å². The van der Waals surface area contributed by atoms with Crippen LogP contribution in [0.5, 0.6) is 0 Å². The van der Waals surface area contributed by atoms with E-state index in [1.165, 1.54) is 0 Å². The van der Waals surface area contributed by atoms with E-state index in [9.17, 15) is 9.59 Å². The highest BCUT2D eigenvalue weighted by atomic mass is 16.5. The molecular weight excluding hydrogens is 144 g/mol. The zero-order valence-electron chi connectivity index (χ0n) is 6.64. The van der Waals surface area contributed by atoms with E-state index >= 15 is 0 Å². The van der Waals surface area contributed by atoms with Crippen molar-refractivity contribution in [1.29, 1.82) is 0 Å². The minimum absolute atomic E-state index is 0.0463. The summed E-state index contributed by atoms with van der Waals surface area (Å²) in [5.74, 6) is 3.63. The van der Waals surface area contributed by atoms with Crippen molar-refractivity contribution >= 4 is 11.8 Å². The smallest absolute Gasteiger partial charge is 0.375 e. The quantitative estimate of drug-likeness (QED) is 0.338. The van der Waals surface area contributed by atoms with E-state index in [-0.39, 0.29) is 13.0 Å². The van der Waals surface area contributed by atoms with Gasteiger partial charge in [0, 0.05) is 0 Å². The van der Waals surface area contributed by atoms with Crippen LogP contribution in [0.1, 0.15) is 20.3 Å². The number of carbonyl (C=O) groups is 2. The Kier molecular flexibility index (Phi) is 4.83. The van der Waals surface area contributed by atoms with Gasteiger partial charge in [0.15, 0.2) is 0 Å². The highest BCUT2D eigenvalue weighted by Gasteiger charge is 2.11. The Morgan fingerprint density at radius 1 is 1.45 bits per heavy atom. The SMILES string of the molecule is CC#CCC(=O)C(=O)OCC. The molecule has 0 N–H and O–H groups in total. The second kappa shape index (κ2) is 5.48. The van der Waals surface area contributed by atoms with Gasteiger partial charge in [0.2, 0.25) is 0 Å². The summed E-state index contributed by atoms with van der Waals surface area (Å²) in [4.78, 5) is 21.3. The maximum atomic E-state index is 10.7. The molecule has 0 aromatic rings. The predicted octanol–water partition coefficient (Wildman–Crippen LogP) is 0.532. The van der Waals surface area contributed by atoms with E-state index in [1.807, 2.05) is 0 Å². The molecule has 60 valence electrons. The van der Waals surface area contributed by atoms with Crippen LogP contribution in [0.4, 0.5) is 0 Å². The number of rotatable bonds is 3. The third-order valence-electron chi connectivity index (χ3n) is 0.929. The van der Waals surface area contributed by atoms with Gasteiger partial charge in [-0.1, -0.05) is 5.92 Å². The standard InChI is InChI=1S/C8H10O3/c1-3-5-6-7(9)8(10)11-4-2/h4,6H2,1-2H3. The molecule has 0 aliphatic rings. The van der Waals surface area contributed by atoms with Crippen LogP contribution in [0.3, 0.4) is 0 Å². The summed E-state index contributed by atoms with van der Waals surface area (Å²) in [6.45, 7) is 3.49. The number of Topliss-reactive ketones (excluding diaryl/α,β-unsaturated/α-hetero) is 1. The van der Waals surface area contributed by atoms with E-state index in [0.29, 0.717) is 0 Å². The van der Waals surface area contributed by atoms with E-state index in [1.54, 1.807) is 13.8 Å². The number of carbonyl (C=O) groups excluding carboxylic acids is 2. The molecule has 0 heterocycles. The largest absolute Gasteiger partial charge is 0.460 e. The molecule has 0 rings (SSSR count). The third-order valence-corrected chi connectivity index (χ3v) is 0.929. The third kappa shape index (κ3) is 4.15. The normalized spacial score (nSPS) is 7.82. The molecular formula is C8H10O3. The first kappa shape index (κ1) is 9.70. The molecule has 0 aliphatic heterocycles. The van der Waals surface area contributed by atoms with Crippen molar-refractivity contribution in [3.8, 4) is 11.8 Å². The highest BCUT2D eigenvalue weighted by Crippen LogP contribution is 1.85. The van der Waals surface area contributed by atoms with Gasteiger partial charge in [-0.3, -0.25) is 4.79 Å². The van der Waals surface area contributed by atoms with Crippen LogP contribution in [-0.4, -0.2) is 18.4 Å². The Morgan fingerprint density at radius 2 is 2.09 bits per heavy atom. The minimum Gasteiger partial charge on any atom is -0.460 e. The Labute approximate surface area is 65.7 Å². The van der Waals surface area contributed by atoms with Gasteiger partial charge in [-0.15, -0.1) is 5.92 Å². The second-order valence-corrected chi connectivity index (χ2v) is 1.75. The number of hydrogen-bond acceptors (Lipinski definition) is 3. The summed E-state index contributed by atoms with van der Waals surface area (Å²) in [6.07, 6.45) is -0.0463. The average Bonchev–Trinajstić information content (AvgIpc) is 2.00. The maximum Gasteiger partial charge on any atom is 0.375 e. The first-order valence-corrected chi connectivity index (χ1v) is 3.32. The molecule has 0 spiro atoms. The average molecular weight is 154 g/mol. The van der Waals surface area contributed by atoms with Crippen LogP contribution in [-0.2, 0) is 14.3 Å². The summed E-state index contributed by atoms with van der Waals surface area (Å²) in [6, 6.07) is 0. The number of hydrogen-bond donors (Lipinski definition) is 0. The van der Waals surface area contributed by atoms with Crippen molar-refractivity contribution in [2.24, 2.45) is 0 Å². The van der Waals surface area contributed by atoms with Crippen molar-refractivity contribution in [2.45, 2.75) is 20.3 Å². The maximum absolute atomic E-state index is 10.7. The number of ketones is 1. The fourth-order valence-corrected chi connectivity index (χ4v) is 0.452. The van der Waals surface area contributed by atoms with E-state index in [2.05, 4.69) is 16.6 Å². The van der Waals surface area contributed by atoms with Crippen LogP contribution in [0.15, 0.2) is 0 Å². The molecule has 3 heteroatoms. The predicted molar refractivity (Wildman–Crippen MR) is 39.7 cm³/mol. The summed E-state index contributed by atoms with van der Waals surface area (Å²) in [7, 11) is 0. The molecule has 0 radical (unpaired) electrons. The summed E-state index contributed by atoms with van der Waals surface area (Å²) >= 11 is 0. The summed E-state index contributed by atoms with van der Waals surface area (Å²) in [5, 5.41) is 0. The minimum atomic E-state index is -0.796. The van der Waals surface area contributed by atoms with Gasteiger partial charge in [-0.2, -0.15) is 0 Å². The topological polar surface area (TPSA) is 43.4 Å². The molecule has 0 saturated carbocycles. The highest BCUT2D eigenvalue weighted by molar-refractivity contribution is 6.34. The number of esters is 1. The molecule has 3 nitrogen and oxygen atoms in total. The van der Waals surface area contributed by atoms with Crippen molar-refractivity contribution < 1.29 is 14.3 Å². The van der Waals surface area contributed by atoms with Gasteiger partial charge in [0.1, 0.15) is 0 Å². The van der Waals surface area contributed by atoms with Gasteiger partial charge < -0.3 is 4.74 Å². The van der Waals surface area contributed by atoms with Gasteiger partial charge in [-0.05, 0) is 13.8 Å². The van der Waals surface area contributed by atoms with Crippen LogP contribution < -0.4 is 0 Å². The van der Waals surface area contributed by atoms with Crippen molar-refractivity contribution in [2.75, 3.05) is 6.61 Å². The molecule has 0 saturated heterocycles. The van der Waals surface area contributed by atoms with E-state index in [4.69, 9.17) is 0 Å². The van der Waals surface area contributed by atoms with Crippen molar-refractivity contribution in [3.63, 3.8) is 0 Å². The molecule has 0 aliphatic carbocycles. The van der Waals surface area contributed by atoms with Crippen LogP contribution in [0, 0.1) is 11.8 Å². The zero-order chi connectivity index (χ0) is 8.69. The molecule has 0 amide bonds. The monoisotopic (exact) mass is 154 g/mol. The van der Waals surface area contributed by atoms with E-state index in [0.717, 1.165) is 0 Å². The first-order chi connectivity index (χ1) is 5.22. The lowest BCUT2D eigenvalue weighted by atomic mass is 10.3. The molecule has 0 fully saturated rings. The molecule has 11 heavy (non-hydrogen) atoms. The first-order valence-electron chi connectivity index (χ1n) is 3.32. The van der Waals surface area contributed by atoms with Crippen molar-refractivity contribution in [3.05, 3.63) is 0 Å². The van der Waals surface area contributed by atoms with Gasteiger partial charge in [0.05, 0.1) is 13.0 Å². The lowest BCUT2D eigenvalue weighted by Gasteiger charge is -1.95. The van der Waals surface area contributed by atoms with Gasteiger partial charge in [0.25, 0.3) is 5.78 Å². The molecule has 0 bridgehead atoms. The Bertz CT molecular complexity index is 207. The van der Waals surface area contributed by atoms with E-state index < -0.39 is 11.8 Å². The second-order valence-electron chi connectivity index (χ2n) is 1.75. The Morgan fingerprint density at radius 3 is 2.55 bits per heavy atom. The summed E-state index contributed by atoms with van der Waals surface area (Å²) < 4.78 is 4.44. The Balaban J connectivity index is 3.80. The fraction of sp³-hybridized carbons (Fsp3) is 0.500. The molecule has 0 aromatic heterocycles. The van der Waals surface area contributed by atoms with Crippen LogP contribution >= 0.6 is 0 Å². The lowest BCUT2D eigenvalue weighted by molar-refractivity contribution is -0.153. The molecule has 0 atom stereocenters. The molecule has 0 aromatic carbocycles. The van der Waals surface area contributed by atoms with Crippen molar-refractivity contribution in [1.82, 2.24) is 0 Å². The van der Waals surface area contributed by atoms with Crippen LogP contribution in [0.2, 0.25) is 0 Å². The lowest BCUT2D eigenvalue weighted by Crippen LogP contribution is -2.16. The van der Waals surface area contributed by atoms with Crippen LogP contribution in [0.25, 0.3) is 0 Å². The summed E-state index contributed by atoms with van der Waals surface area (Å²) in [5.41, 5.74) is 0.